The van der Waals surface area contributed by atoms with Crippen molar-refractivity contribution in [2.24, 2.45) is 0 Å². The summed E-state index contributed by atoms with van der Waals surface area (Å²) >= 11 is 6.20. The van der Waals surface area contributed by atoms with Crippen molar-refractivity contribution in [2.45, 2.75) is 13.5 Å². The molecule has 5 nitrogen and oxygen atoms in total. The fraction of sp³-hybridized carbons (Fsp3) is 0.150. The van der Waals surface area contributed by atoms with E-state index in [-0.39, 0.29) is 4.32 Å². The number of hydrogen-bond donors (Lipinski definition) is 1. The number of nitrogens with zero attached hydrogens (tertiary/aromatic N) is 1. The van der Waals surface area contributed by atoms with Crippen molar-refractivity contribution >= 4 is 46.3 Å². The number of hydrogen-bond acceptors (Lipinski definition) is 5. The number of thioether (sulfide) groups is 1. The van der Waals surface area contributed by atoms with E-state index in [1.165, 1.54) is 5.56 Å². The van der Waals surface area contributed by atoms with Crippen molar-refractivity contribution in [3.8, 4) is 5.75 Å². The highest BCUT2D eigenvalue weighted by molar-refractivity contribution is 8.26. The van der Waals surface area contributed by atoms with Crippen LogP contribution in [0.5, 0.6) is 5.75 Å². The smallest absolute Gasteiger partial charge is 0.323 e. The maximum atomic E-state index is 12.3. The van der Waals surface area contributed by atoms with Crippen molar-refractivity contribution in [3.05, 3.63) is 70.1 Å². The third-order valence-corrected chi connectivity index (χ3v) is 5.23. The van der Waals surface area contributed by atoms with Crippen molar-refractivity contribution in [1.82, 2.24) is 4.90 Å². The molecule has 0 spiro atoms. The predicted octanol–water partition coefficient (Wildman–Crippen LogP) is 3.86. The molecule has 0 unspecified atom stereocenters. The van der Waals surface area contributed by atoms with E-state index in [1.54, 1.807) is 6.08 Å². The van der Waals surface area contributed by atoms with Gasteiger partial charge in [0, 0.05) is 0 Å². The van der Waals surface area contributed by atoms with Crippen LogP contribution in [0.25, 0.3) is 6.08 Å². The number of carboxylic acid groups (broad SMARTS) is 1. The third-order valence-electron chi connectivity index (χ3n) is 3.85. The lowest BCUT2D eigenvalue weighted by molar-refractivity contribution is -0.140. The molecule has 1 aliphatic heterocycles. The highest BCUT2D eigenvalue weighted by atomic mass is 32.2. The van der Waals surface area contributed by atoms with Crippen molar-refractivity contribution in [1.29, 1.82) is 0 Å². The molecular formula is C20H17NO4S2. The molecule has 0 saturated carbocycles. The summed E-state index contributed by atoms with van der Waals surface area (Å²) < 4.78 is 6.07. The maximum Gasteiger partial charge on any atom is 0.323 e. The number of carbonyl (C=O) groups excluding carboxylic acids is 1. The molecule has 1 aliphatic rings. The van der Waals surface area contributed by atoms with Gasteiger partial charge in [-0.25, -0.2) is 0 Å². The van der Waals surface area contributed by atoms with Crippen molar-refractivity contribution in [3.63, 3.8) is 0 Å². The van der Waals surface area contributed by atoms with Gasteiger partial charge >= 0.3 is 5.97 Å². The summed E-state index contributed by atoms with van der Waals surface area (Å²) in [6.07, 6.45) is 1.69. The minimum atomic E-state index is -1.10. The van der Waals surface area contributed by atoms with Gasteiger partial charge in [-0.1, -0.05) is 65.9 Å². The minimum absolute atomic E-state index is 0.250. The topological polar surface area (TPSA) is 66.8 Å². The highest BCUT2D eigenvalue weighted by Gasteiger charge is 2.33. The summed E-state index contributed by atoms with van der Waals surface area (Å²) in [5.41, 5.74) is 3.05. The lowest BCUT2D eigenvalue weighted by Crippen LogP contribution is -2.33. The molecule has 2 aromatic rings. The molecule has 0 atom stereocenters. The summed E-state index contributed by atoms with van der Waals surface area (Å²) in [5.74, 6) is -0.803. The molecule has 3 rings (SSSR count). The summed E-state index contributed by atoms with van der Waals surface area (Å²) in [4.78, 5) is 24.7. The van der Waals surface area contributed by atoms with Gasteiger partial charge in [-0.3, -0.25) is 14.5 Å². The molecule has 7 heteroatoms. The van der Waals surface area contributed by atoms with E-state index in [4.69, 9.17) is 22.1 Å². The molecule has 1 fully saturated rings. The fourth-order valence-electron chi connectivity index (χ4n) is 2.47. The van der Waals surface area contributed by atoms with Crippen LogP contribution in [-0.2, 0) is 16.2 Å². The molecule has 0 aliphatic carbocycles. The van der Waals surface area contributed by atoms with Gasteiger partial charge in [-0.05, 0) is 36.3 Å². The van der Waals surface area contributed by atoms with Crippen LogP contribution in [0, 0.1) is 6.92 Å². The number of rotatable bonds is 6. The number of benzene rings is 2. The van der Waals surface area contributed by atoms with Gasteiger partial charge in [0.05, 0.1) is 4.91 Å². The van der Waals surface area contributed by atoms with Crippen LogP contribution in [0.1, 0.15) is 16.7 Å². The van der Waals surface area contributed by atoms with E-state index >= 15 is 0 Å². The Morgan fingerprint density at radius 2 is 2.00 bits per heavy atom. The molecule has 1 saturated heterocycles. The van der Waals surface area contributed by atoms with Crippen LogP contribution in [0.4, 0.5) is 0 Å². The zero-order valence-electron chi connectivity index (χ0n) is 14.5. The second-order valence-electron chi connectivity index (χ2n) is 6.01. The van der Waals surface area contributed by atoms with Crippen molar-refractivity contribution in [2.75, 3.05) is 6.54 Å². The van der Waals surface area contributed by atoms with Crippen LogP contribution < -0.4 is 4.74 Å². The van der Waals surface area contributed by atoms with E-state index in [9.17, 15) is 9.59 Å². The van der Waals surface area contributed by atoms with E-state index in [0.29, 0.717) is 17.3 Å². The van der Waals surface area contributed by atoms with Crippen LogP contribution in [-0.4, -0.2) is 32.7 Å². The summed E-state index contributed by atoms with van der Waals surface area (Å²) in [6, 6.07) is 15.5. The second kappa shape index (κ2) is 8.37. The first-order chi connectivity index (χ1) is 12.9. The van der Waals surface area contributed by atoms with Crippen LogP contribution >= 0.6 is 24.0 Å². The Bertz CT molecular complexity index is 922. The quantitative estimate of drug-likeness (QED) is 0.588. The van der Waals surface area contributed by atoms with Crippen LogP contribution in [0.15, 0.2) is 53.4 Å². The first-order valence-corrected chi connectivity index (χ1v) is 9.40. The molecule has 2 aromatic carbocycles. The number of thiocarbonyl (C=S) groups is 1. The van der Waals surface area contributed by atoms with E-state index in [1.807, 2.05) is 55.5 Å². The number of aryl methyl sites for hydroxylation is 1. The Morgan fingerprint density at radius 1 is 1.26 bits per heavy atom. The normalized spacial score (nSPS) is 15.4. The zero-order chi connectivity index (χ0) is 19.4. The van der Waals surface area contributed by atoms with E-state index in [0.717, 1.165) is 27.8 Å². The molecule has 0 bridgehead atoms. The third kappa shape index (κ3) is 4.96. The standard InChI is InChI=1S/C20H17NO4S2/c1-13-5-7-14(8-6-13)12-25-16-4-2-3-15(9-16)10-17-19(24)21(11-18(22)23)20(26)27-17/h2-10H,11-12H2,1H3,(H,22,23)/b17-10+. The zero-order valence-corrected chi connectivity index (χ0v) is 16.2. The van der Waals surface area contributed by atoms with Gasteiger partial charge in [0.1, 0.15) is 23.2 Å². The summed E-state index contributed by atoms with van der Waals surface area (Å²) in [7, 11) is 0. The first kappa shape index (κ1) is 19.1. The molecule has 0 radical (unpaired) electrons. The number of amides is 1. The Labute approximate surface area is 166 Å². The van der Waals surface area contributed by atoms with E-state index < -0.39 is 18.4 Å². The average Bonchev–Trinajstić information content (AvgIpc) is 2.89. The number of aliphatic carboxylic acids is 1. The minimum Gasteiger partial charge on any atom is -0.489 e. The summed E-state index contributed by atoms with van der Waals surface area (Å²) in [5, 5.41) is 8.89. The molecule has 1 N–H and O–H groups in total. The monoisotopic (exact) mass is 399 g/mol. The molecule has 0 aromatic heterocycles. The number of ether oxygens (including phenoxy) is 1. The van der Waals surface area contributed by atoms with Gasteiger partial charge in [-0.2, -0.15) is 0 Å². The number of carboxylic acids is 1. The second-order valence-corrected chi connectivity index (χ2v) is 7.68. The number of carbonyl (C=O) groups is 2. The van der Waals surface area contributed by atoms with Gasteiger partial charge in [0.2, 0.25) is 0 Å². The largest absolute Gasteiger partial charge is 0.489 e. The lowest BCUT2D eigenvalue weighted by atomic mass is 10.1. The Hall–Kier alpha value is -2.64. The molecular weight excluding hydrogens is 382 g/mol. The molecule has 27 heavy (non-hydrogen) atoms. The fourth-order valence-corrected chi connectivity index (χ4v) is 3.72. The first-order valence-electron chi connectivity index (χ1n) is 8.18. The maximum absolute atomic E-state index is 12.3. The Balaban J connectivity index is 1.71. The van der Waals surface area contributed by atoms with Gasteiger partial charge in [0.25, 0.3) is 5.91 Å². The highest BCUT2D eigenvalue weighted by Crippen LogP contribution is 2.32. The SMILES string of the molecule is Cc1ccc(COc2cccc(/C=C3/SC(=S)N(CC(=O)O)C3=O)c2)cc1. The summed E-state index contributed by atoms with van der Waals surface area (Å²) in [6.45, 7) is 2.05. The van der Waals surface area contributed by atoms with Crippen molar-refractivity contribution < 1.29 is 19.4 Å². The predicted molar refractivity (Wildman–Crippen MR) is 109 cm³/mol. The molecule has 1 amide bonds. The Morgan fingerprint density at radius 3 is 2.70 bits per heavy atom. The van der Waals surface area contributed by atoms with Gasteiger partial charge in [-0.15, -0.1) is 0 Å². The van der Waals surface area contributed by atoms with Gasteiger partial charge < -0.3 is 9.84 Å². The van der Waals surface area contributed by atoms with E-state index in [2.05, 4.69) is 0 Å². The molecule has 138 valence electrons. The lowest BCUT2D eigenvalue weighted by Gasteiger charge is -2.10. The van der Waals surface area contributed by atoms with Gasteiger partial charge in [0.15, 0.2) is 0 Å². The van der Waals surface area contributed by atoms with Crippen LogP contribution in [0.3, 0.4) is 0 Å². The average molecular weight is 399 g/mol. The Kier molecular flexibility index (Phi) is 5.93. The molecule has 1 heterocycles. The van der Waals surface area contributed by atoms with Crippen LogP contribution in [0.2, 0.25) is 0 Å².